The molecule has 5 fully saturated rings. The zero-order valence-corrected chi connectivity index (χ0v) is 21.7. The second-order valence-electron chi connectivity index (χ2n) is 11.4. The Kier molecular flexibility index (Phi) is 6.28. The van der Waals surface area contributed by atoms with E-state index in [1.165, 1.54) is 12.1 Å². The number of amides is 1. The average molecular weight is 566 g/mol. The van der Waals surface area contributed by atoms with Gasteiger partial charge in [0.2, 0.25) is 0 Å². The Bertz CT molecular complexity index is 1360. The van der Waals surface area contributed by atoms with Crippen molar-refractivity contribution in [2.24, 2.45) is 0 Å². The van der Waals surface area contributed by atoms with E-state index in [2.05, 4.69) is 5.32 Å². The van der Waals surface area contributed by atoms with Gasteiger partial charge in [-0.3, -0.25) is 4.79 Å². The third kappa shape index (κ3) is 4.53. The van der Waals surface area contributed by atoms with Crippen LogP contribution in [0.2, 0.25) is 0 Å². The molecule has 3 aliphatic heterocycles. The molecular formula is C28H30F3NO8. The molecule has 1 N–H and O–H groups in total. The van der Waals surface area contributed by atoms with E-state index in [-0.39, 0.29) is 16.7 Å². The van der Waals surface area contributed by atoms with Crippen molar-refractivity contribution in [2.75, 3.05) is 5.32 Å². The van der Waals surface area contributed by atoms with Crippen LogP contribution in [0.15, 0.2) is 33.5 Å². The summed E-state index contributed by atoms with van der Waals surface area (Å²) in [5, 5.41) is 2.41. The summed E-state index contributed by atoms with van der Waals surface area (Å²) < 4.78 is 77.4. The van der Waals surface area contributed by atoms with E-state index < -0.39 is 65.6 Å². The van der Waals surface area contributed by atoms with Crippen LogP contribution in [0.3, 0.4) is 0 Å². The second-order valence-corrected chi connectivity index (χ2v) is 11.4. The van der Waals surface area contributed by atoms with Crippen molar-refractivity contribution in [3.63, 3.8) is 0 Å². The van der Waals surface area contributed by atoms with Crippen LogP contribution in [-0.2, 0) is 34.7 Å². The van der Waals surface area contributed by atoms with Crippen molar-refractivity contribution < 1.29 is 46.1 Å². The largest absolute Gasteiger partial charge is 0.423 e. The first-order chi connectivity index (χ1) is 19.1. The molecule has 2 saturated carbocycles. The molecule has 4 heterocycles. The Morgan fingerprint density at radius 2 is 1.45 bits per heavy atom. The van der Waals surface area contributed by atoms with Crippen molar-refractivity contribution in [1.29, 1.82) is 0 Å². The highest BCUT2D eigenvalue weighted by Gasteiger charge is 2.65. The maximum Gasteiger partial charge on any atom is 0.417 e. The van der Waals surface area contributed by atoms with Crippen molar-refractivity contribution in [3.05, 3.63) is 40.2 Å². The fraction of sp³-hybridized carbons (Fsp3) is 0.643. The van der Waals surface area contributed by atoms with Gasteiger partial charge in [-0.1, -0.05) is 12.8 Å². The van der Waals surface area contributed by atoms with Gasteiger partial charge in [-0.05, 0) is 37.8 Å². The minimum absolute atomic E-state index is 0.140. The van der Waals surface area contributed by atoms with Gasteiger partial charge in [-0.25, -0.2) is 4.79 Å². The molecule has 7 rings (SSSR count). The van der Waals surface area contributed by atoms with Crippen LogP contribution >= 0.6 is 0 Å². The van der Waals surface area contributed by atoms with E-state index >= 15 is 0 Å². The van der Waals surface area contributed by atoms with E-state index in [0.29, 0.717) is 18.9 Å². The van der Waals surface area contributed by atoms with Crippen molar-refractivity contribution in [1.82, 2.24) is 0 Å². The topological polar surface area (TPSA) is 105 Å². The van der Waals surface area contributed by atoms with Crippen LogP contribution in [0, 0.1) is 0 Å². The number of anilines is 1. The average Bonchev–Trinajstić information content (AvgIpc) is 3.45. The first-order valence-electron chi connectivity index (χ1n) is 14.0. The van der Waals surface area contributed by atoms with E-state index in [4.69, 9.17) is 28.1 Å². The lowest BCUT2D eigenvalue weighted by molar-refractivity contribution is -0.246. The van der Waals surface area contributed by atoms with E-state index in [1.807, 2.05) is 0 Å². The number of fused-ring (bicyclic) bond motifs is 4. The zero-order valence-electron chi connectivity index (χ0n) is 21.7. The van der Waals surface area contributed by atoms with E-state index in [1.54, 1.807) is 0 Å². The number of ether oxygens (including phenoxy) is 5. The van der Waals surface area contributed by atoms with Crippen LogP contribution in [-0.4, -0.2) is 48.2 Å². The summed E-state index contributed by atoms with van der Waals surface area (Å²) >= 11 is 0. The fourth-order valence-electron chi connectivity index (χ4n) is 6.86. The van der Waals surface area contributed by atoms with Gasteiger partial charge in [0.1, 0.15) is 23.9 Å². The Labute approximate surface area is 227 Å². The number of alkyl halides is 3. The molecule has 2 aromatic rings. The van der Waals surface area contributed by atoms with Crippen molar-refractivity contribution in [2.45, 2.75) is 113 Å². The van der Waals surface area contributed by atoms with Gasteiger partial charge in [0.05, 0.1) is 5.56 Å². The van der Waals surface area contributed by atoms with Crippen molar-refractivity contribution in [3.8, 4) is 0 Å². The minimum Gasteiger partial charge on any atom is -0.423 e. The molecular weight excluding hydrogens is 535 g/mol. The number of nitrogens with one attached hydrogen (secondary N) is 1. The first-order valence-corrected chi connectivity index (χ1v) is 14.0. The van der Waals surface area contributed by atoms with Gasteiger partial charge in [0, 0.05) is 48.9 Å². The highest BCUT2D eigenvalue weighted by Crippen LogP contribution is 2.51. The summed E-state index contributed by atoms with van der Waals surface area (Å²) in [6.07, 6.45) is 0.231. The minimum atomic E-state index is -4.74. The lowest BCUT2D eigenvalue weighted by Crippen LogP contribution is -2.58. The molecule has 216 valence electrons. The number of halogens is 3. The molecule has 0 radical (unpaired) electrons. The molecule has 1 aromatic carbocycles. The molecule has 12 heteroatoms. The van der Waals surface area contributed by atoms with Gasteiger partial charge in [0.25, 0.3) is 5.91 Å². The Hall–Kier alpha value is -2.51. The number of rotatable bonds is 2. The normalized spacial score (nSPS) is 32.7. The van der Waals surface area contributed by atoms with E-state index in [0.717, 1.165) is 57.4 Å². The van der Waals surface area contributed by atoms with Crippen LogP contribution in [0.4, 0.5) is 18.9 Å². The molecule has 1 aromatic heterocycles. The third-order valence-electron chi connectivity index (χ3n) is 8.69. The van der Waals surface area contributed by atoms with Gasteiger partial charge >= 0.3 is 11.8 Å². The summed E-state index contributed by atoms with van der Waals surface area (Å²) in [6.45, 7) is 0. The quantitative estimate of drug-likeness (QED) is 0.508. The SMILES string of the molecule is O=C(Nc1ccc2c(C(F)(F)F)cc(=O)oc2c1)[C@@H]1O[C@@H]2OC3(CCCCC3)O[C@@H]2[C@H]2OC3(CCCCC3)O[C@@H]21. The predicted molar refractivity (Wildman–Crippen MR) is 132 cm³/mol. The molecule has 5 aliphatic rings. The summed E-state index contributed by atoms with van der Waals surface area (Å²) in [4.78, 5) is 25.4. The molecule has 2 spiro atoms. The smallest absolute Gasteiger partial charge is 0.417 e. The third-order valence-corrected chi connectivity index (χ3v) is 8.69. The number of benzene rings is 1. The Balaban J connectivity index is 1.17. The maximum absolute atomic E-state index is 13.6. The fourth-order valence-corrected chi connectivity index (χ4v) is 6.86. The molecule has 0 bridgehead atoms. The van der Waals surface area contributed by atoms with Crippen LogP contribution in [0.25, 0.3) is 11.0 Å². The monoisotopic (exact) mass is 565 g/mol. The number of hydrogen-bond donors (Lipinski definition) is 1. The lowest BCUT2D eigenvalue weighted by atomic mass is 9.94. The molecule has 1 amide bonds. The maximum atomic E-state index is 13.6. The standard InChI is InChI=1S/C28H30F3NO8/c29-28(30,31)17-14-19(33)35-18-13-15(7-8-16(17)18)32-24(34)22-20-21(38-26(37-20)9-3-1-4-10-26)23-25(36-22)40-27(39-23)11-5-2-6-12-27/h7-8,13-14,20-23,25H,1-6,9-12H2,(H,32,34)/t20-,21-,22+,23+,25+/m0/s1. The molecule has 2 aliphatic carbocycles. The zero-order chi connectivity index (χ0) is 27.7. The molecule has 40 heavy (non-hydrogen) atoms. The van der Waals surface area contributed by atoms with E-state index in [9.17, 15) is 22.8 Å². The van der Waals surface area contributed by atoms with Crippen molar-refractivity contribution >= 4 is 22.6 Å². The number of hydrogen-bond acceptors (Lipinski definition) is 8. The number of carbonyl (C=O) groups excluding carboxylic acids is 1. The Morgan fingerprint density at radius 1 is 0.825 bits per heavy atom. The van der Waals surface area contributed by atoms with Crippen LogP contribution in [0.5, 0.6) is 0 Å². The summed E-state index contributed by atoms with van der Waals surface area (Å²) in [5.74, 6) is -2.18. The van der Waals surface area contributed by atoms with Gasteiger partial charge < -0.3 is 33.4 Å². The summed E-state index contributed by atoms with van der Waals surface area (Å²) in [6, 6.07) is 4.08. The highest BCUT2D eigenvalue weighted by atomic mass is 19.4. The lowest BCUT2D eigenvalue weighted by Gasteiger charge is -2.36. The molecule has 9 nitrogen and oxygen atoms in total. The second kappa shape index (κ2) is 9.52. The summed E-state index contributed by atoms with van der Waals surface area (Å²) in [5.41, 5.74) is -2.41. The van der Waals surface area contributed by atoms with Crippen LogP contribution in [0.1, 0.15) is 69.8 Å². The Morgan fingerprint density at radius 3 is 2.12 bits per heavy atom. The number of carbonyl (C=O) groups is 1. The first kappa shape index (κ1) is 26.4. The molecule has 3 saturated heterocycles. The van der Waals surface area contributed by atoms with Gasteiger partial charge in [-0.15, -0.1) is 0 Å². The highest BCUT2D eigenvalue weighted by molar-refractivity contribution is 5.97. The van der Waals surface area contributed by atoms with Gasteiger partial charge in [0.15, 0.2) is 24.0 Å². The van der Waals surface area contributed by atoms with Crippen LogP contribution < -0.4 is 10.9 Å². The summed E-state index contributed by atoms with van der Waals surface area (Å²) in [7, 11) is 0. The molecule has 0 unspecified atom stereocenters. The predicted octanol–water partition coefficient (Wildman–Crippen LogP) is 5.00. The van der Waals surface area contributed by atoms with Gasteiger partial charge in [-0.2, -0.15) is 13.2 Å². The molecule has 5 atom stereocenters.